The molecule has 0 saturated carbocycles. The van der Waals surface area contributed by atoms with E-state index in [1.54, 1.807) is 12.1 Å². The summed E-state index contributed by atoms with van der Waals surface area (Å²) in [5.41, 5.74) is 6.74. The minimum absolute atomic E-state index is 0.156. The Balaban J connectivity index is 1.69. The Kier molecular flexibility index (Phi) is 5.17. The predicted octanol–water partition coefficient (Wildman–Crippen LogP) is 2.79. The Morgan fingerprint density at radius 2 is 2.08 bits per heavy atom. The number of anilines is 1. The number of rotatable bonds is 5. The summed E-state index contributed by atoms with van der Waals surface area (Å²) in [6.45, 7) is 0.971. The zero-order chi connectivity index (χ0) is 17.1. The number of nitrogens with one attached hydrogen (secondary N) is 1. The first-order valence-electron chi connectivity index (χ1n) is 7.25. The molecule has 2 aromatic rings. The molecule has 0 bridgehead atoms. The first kappa shape index (κ1) is 16.9. The number of carbonyl (C=O) groups excluding carboxylic acids is 2. The third-order valence-electron chi connectivity index (χ3n) is 3.50. The lowest BCUT2D eigenvalue weighted by Crippen LogP contribution is -2.20. The number of amides is 2. The molecule has 0 spiro atoms. The maximum absolute atomic E-state index is 12.9. The van der Waals surface area contributed by atoms with Crippen LogP contribution in [-0.2, 0) is 22.6 Å². The van der Waals surface area contributed by atoms with Gasteiger partial charge >= 0.3 is 0 Å². The molecule has 3 rings (SSSR count). The van der Waals surface area contributed by atoms with Gasteiger partial charge in [-0.1, -0.05) is 0 Å². The van der Waals surface area contributed by atoms with E-state index < -0.39 is 5.91 Å². The minimum Gasteiger partial charge on any atom is -0.376 e. The van der Waals surface area contributed by atoms with E-state index in [0.29, 0.717) is 30.2 Å². The molecule has 1 aromatic carbocycles. The molecule has 0 radical (unpaired) electrons. The quantitative estimate of drug-likeness (QED) is 0.798. The number of hydrogen-bond acceptors (Lipinski definition) is 5. The average Bonchev–Trinajstić information content (AvgIpc) is 2.92. The van der Waals surface area contributed by atoms with E-state index in [0.717, 1.165) is 15.3 Å². The molecule has 0 fully saturated rings. The van der Waals surface area contributed by atoms with Gasteiger partial charge in [-0.05, 0) is 36.2 Å². The van der Waals surface area contributed by atoms with Crippen molar-refractivity contribution in [1.29, 1.82) is 0 Å². The highest BCUT2D eigenvalue weighted by Gasteiger charge is 2.25. The summed E-state index contributed by atoms with van der Waals surface area (Å²) in [5.74, 6) is -0.952. The van der Waals surface area contributed by atoms with E-state index >= 15 is 0 Å². The van der Waals surface area contributed by atoms with Crippen molar-refractivity contribution in [2.75, 3.05) is 17.7 Å². The van der Waals surface area contributed by atoms with Gasteiger partial charge in [-0.15, -0.1) is 23.1 Å². The average molecular weight is 366 g/mol. The van der Waals surface area contributed by atoms with Crippen LogP contribution in [-0.4, -0.2) is 24.2 Å². The van der Waals surface area contributed by atoms with E-state index in [-0.39, 0.29) is 17.5 Å². The summed E-state index contributed by atoms with van der Waals surface area (Å²) >= 11 is 2.62. The van der Waals surface area contributed by atoms with Gasteiger partial charge in [-0.25, -0.2) is 4.39 Å². The highest BCUT2D eigenvalue weighted by molar-refractivity contribution is 8.00. The summed E-state index contributed by atoms with van der Waals surface area (Å²) in [4.78, 5) is 25.6. The summed E-state index contributed by atoms with van der Waals surface area (Å²) < 4.78 is 18.2. The molecule has 1 aliphatic rings. The molecule has 0 saturated heterocycles. The van der Waals surface area contributed by atoms with E-state index in [9.17, 15) is 14.0 Å². The van der Waals surface area contributed by atoms with Gasteiger partial charge in [0.2, 0.25) is 5.91 Å². The summed E-state index contributed by atoms with van der Waals surface area (Å²) in [5, 5.41) is 3.23. The van der Waals surface area contributed by atoms with Gasteiger partial charge in [0.15, 0.2) is 0 Å². The SMILES string of the molecule is NC(=O)c1c(NC(=O)CSc2ccc(F)cc2)sc2c1CCOC2. The van der Waals surface area contributed by atoms with Crippen LogP contribution in [0, 0.1) is 5.82 Å². The number of thiophene rings is 1. The summed E-state index contributed by atoms with van der Waals surface area (Å²) in [6, 6.07) is 5.92. The predicted molar refractivity (Wildman–Crippen MR) is 92.0 cm³/mol. The number of ether oxygens (including phenoxy) is 1. The molecule has 0 atom stereocenters. The molecule has 2 amide bonds. The largest absolute Gasteiger partial charge is 0.376 e. The number of fused-ring (bicyclic) bond motifs is 1. The Morgan fingerprint density at radius 1 is 1.33 bits per heavy atom. The molecule has 2 heterocycles. The van der Waals surface area contributed by atoms with Crippen LogP contribution in [0.25, 0.3) is 0 Å². The molecule has 3 N–H and O–H groups in total. The number of primary amides is 1. The number of nitrogens with two attached hydrogens (primary N) is 1. The van der Waals surface area contributed by atoms with Gasteiger partial charge in [0.05, 0.1) is 24.5 Å². The maximum Gasteiger partial charge on any atom is 0.251 e. The van der Waals surface area contributed by atoms with Gasteiger partial charge in [0.1, 0.15) is 10.8 Å². The van der Waals surface area contributed by atoms with Crippen molar-refractivity contribution in [3.8, 4) is 0 Å². The molecule has 8 heteroatoms. The van der Waals surface area contributed by atoms with Crippen molar-refractivity contribution in [1.82, 2.24) is 0 Å². The van der Waals surface area contributed by atoms with Crippen LogP contribution in [0.15, 0.2) is 29.2 Å². The molecule has 5 nitrogen and oxygen atoms in total. The van der Waals surface area contributed by atoms with Crippen LogP contribution in [0.5, 0.6) is 0 Å². The minimum atomic E-state index is -0.545. The third kappa shape index (κ3) is 3.77. The van der Waals surface area contributed by atoms with Crippen molar-refractivity contribution < 1.29 is 18.7 Å². The van der Waals surface area contributed by atoms with Gasteiger partial charge in [0.25, 0.3) is 5.91 Å². The van der Waals surface area contributed by atoms with Crippen LogP contribution in [0.1, 0.15) is 20.8 Å². The van der Waals surface area contributed by atoms with Crippen molar-refractivity contribution >= 4 is 39.9 Å². The normalized spacial score (nSPS) is 13.4. The maximum atomic E-state index is 12.9. The second-order valence-electron chi connectivity index (χ2n) is 5.17. The van der Waals surface area contributed by atoms with Crippen molar-refractivity contribution in [2.45, 2.75) is 17.9 Å². The molecule has 126 valence electrons. The fourth-order valence-corrected chi connectivity index (χ4v) is 4.33. The van der Waals surface area contributed by atoms with Crippen LogP contribution in [0.2, 0.25) is 0 Å². The smallest absolute Gasteiger partial charge is 0.251 e. The van der Waals surface area contributed by atoms with Gasteiger partial charge in [-0.3, -0.25) is 9.59 Å². The second kappa shape index (κ2) is 7.33. The molecular formula is C16H15FN2O3S2. The monoisotopic (exact) mass is 366 g/mol. The number of thioether (sulfide) groups is 1. The first-order chi connectivity index (χ1) is 11.5. The van der Waals surface area contributed by atoms with E-state index in [4.69, 9.17) is 10.5 Å². The van der Waals surface area contributed by atoms with Crippen LogP contribution < -0.4 is 11.1 Å². The molecule has 0 aliphatic carbocycles. The fraction of sp³-hybridized carbons (Fsp3) is 0.250. The van der Waals surface area contributed by atoms with Crippen LogP contribution >= 0.6 is 23.1 Å². The second-order valence-corrected chi connectivity index (χ2v) is 7.32. The Labute approximate surface area is 146 Å². The molecular weight excluding hydrogens is 351 g/mol. The standard InChI is InChI=1S/C16H15FN2O3S2/c17-9-1-3-10(4-2-9)23-8-13(20)19-16-14(15(18)21)11-5-6-22-7-12(11)24-16/h1-4H,5-8H2,(H2,18,21)(H,19,20). The van der Waals surface area contributed by atoms with Gasteiger partial charge in [-0.2, -0.15) is 0 Å². The van der Waals surface area contributed by atoms with Crippen molar-refractivity contribution in [3.05, 3.63) is 46.1 Å². The topological polar surface area (TPSA) is 81.4 Å². The van der Waals surface area contributed by atoms with Crippen LogP contribution in [0.4, 0.5) is 9.39 Å². The highest BCUT2D eigenvalue weighted by atomic mass is 32.2. The Morgan fingerprint density at radius 3 is 2.79 bits per heavy atom. The summed E-state index contributed by atoms with van der Waals surface area (Å²) in [6.07, 6.45) is 0.615. The lowest BCUT2D eigenvalue weighted by molar-refractivity contribution is -0.113. The first-order valence-corrected chi connectivity index (χ1v) is 9.05. The van der Waals surface area contributed by atoms with E-state index in [1.165, 1.54) is 35.2 Å². The lowest BCUT2D eigenvalue weighted by Gasteiger charge is -2.12. The van der Waals surface area contributed by atoms with E-state index in [2.05, 4.69) is 5.32 Å². The van der Waals surface area contributed by atoms with Crippen molar-refractivity contribution in [2.24, 2.45) is 5.73 Å². The van der Waals surface area contributed by atoms with Crippen molar-refractivity contribution in [3.63, 3.8) is 0 Å². The van der Waals surface area contributed by atoms with Gasteiger partial charge < -0.3 is 15.8 Å². The zero-order valence-electron chi connectivity index (χ0n) is 12.6. The number of halogens is 1. The number of carbonyl (C=O) groups is 2. The molecule has 1 aromatic heterocycles. The molecule has 24 heavy (non-hydrogen) atoms. The van der Waals surface area contributed by atoms with E-state index in [1.807, 2.05) is 0 Å². The zero-order valence-corrected chi connectivity index (χ0v) is 14.3. The Hall–Kier alpha value is -1.90. The fourth-order valence-electron chi connectivity index (χ4n) is 2.42. The summed E-state index contributed by atoms with van der Waals surface area (Å²) in [7, 11) is 0. The third-order valence-corrected chi connectivity index (χ3v) is 5.64. The Bertz CT molecular complexity index is 774. The molecule has 1 aliphatic heterocycles. The lowest BCUT2D eigenvalue weighted by atomic mass is 10.1. The highest BCUT2D eigenvalue weighted by Crippen LogP contribution is 2.36. The van der Waals surface area contributed by atoms with Crippen LogP contribution in [0.3, 0.4) is 0 Å². The van der Waals surface area contributed by atoms with Gasteiger partial charge in [0, 0.05) is 9.77 Å². The number of hydrogen-bond donors (Lipinski definition) is 2. The molecule has 0 unspecified atom stereocenters. The number of benzene rings is 1.